The molecule has 0 bridgehead atoms. The van der Waals surface area contributed by atoms with Gasteiger partial charge in [0.25, 0.3) is 0 Å². The van der Waals surface area contributed by atoms with Crippen molar-refractivity contribution in [2.24, 2.45) is 0 Å². The number of methoxy groups -OCH3 is 2. The largest absolute Gasteiger partial charge is 0.493 e. The molecule has 112 valence electrons. The molecule has 0 fully saturated rings. The van der Waals surface area contributed by atoms with Crippen LogP contribution in [0.25, 0.3) is 0 Å². The van der Waals surface area contributed by atoms with Gasteiger partial charge in [-0.15, -0.1) is 0 Å². The van der Waals surface area contributed by atoms with E-state index in [-0.39, 0.29) is 0 Å². The standard InChI is InChI=1S/C18H22O3/c1-5-13-8-6-7-9-14(13)18(19)15-11-17(21-4)16(20-3)10-12(15)2/h6-11,18-19H,5H2,1-4H3. The number of aliphatic hydroxyl groups excluding tert-OH is 1. The van der Waals surface area contributed by atoms with Crippen molar-refractivity contribution in [1.29, 1.82) is 0 Å². The van der Waals surface area contributed by atoms with E-state index in [1.807, 2.05) is 37.3 Å². The summed E-state index contributed by atoms with van der Waals surface area (Å²) in [5.74, 6) is 1.31. The van der Waals surface area contributed by atoms with Gasteiger partial charge in [0, 0.05) is 0 Å². The topological polar surface area (TPSA) is 38.7 Å². The molecule has 0 amide bonds. The molecule has 1 unspecified atom stereocenters. The molecule has 0 radical (unpaired) electrons. The minimum atomic E-state index is -0.666. The lowest BCUT2D eigenvalue weighted by Gasteiger charge is -2.19. The zero-order chi connectivity index (χ0) is 15.4. The molecule has 0 saturated carbocycles. The van der Waals surface area contributed by atoms with Gasteiger partial charge in [-0.05, 0) is 47.7 Å². The molecular formula is C18H22O3. The molecule has 2 aromatic rings. The second-order valence-electron chi connectivity index (χ2n) is 5.02. The monoisotopic (exact) mass is 286 g/mol. The summed E-state index contributed by atoms with van der Waals surface area (Å²) in [5.41, 5.74) is 3.91. The Morgan fingerprint density at radius 1 is 1.00 bits per heavy atom. The summed E-state index contributed by atoms with van der Waals surface area (Å²) in [6, 6.07) is 11.7. The van der Waals surface area contributed by atoms with Crippen molar-refractivity contribution < 1.29 is 14.6 Å². The maximum atomic E-state index is 10.8. The molecule has 0 aliphatic heterocycles. The van der Waals surface area contributed by atoms with E-state index in [0.717, 1.165) is 28.7 Å². The summed E-state index contributed by atoms with van der Waals surface area (Å²) in [4.78, 5) is 0. The smallest absolute Gasteiger partial charge is 0.161 e. The fraction of sp³-hybridized carbons (Fsp3) is 0.333. The Balaban J connectivity index is 2.50. The second-order valence-corrected chi connectivity index (χ2v) is 5.02. The molecule has 0 aliphatic carbocycles. The van der Waals surface area contributed by atoms with Crippen molar-refractivity contribution in [2.75, 3.05) is 14.2 Å². The molecule has 2 rings (SSSR count). The maximum absolute atomic E-state index is 10.8. The summed E-state index contributed by atoms with van der Waals surface area (Å²) in [6.07, 6.45) is 0.223. The Morgan fingerprint density at radius 2 is 1.62 bits per heavy atom. The Bertz CT molecular complexity index is 620. The molecule has 0 aromatic heterocycles. The molecule has 1 atom stereocenters. The minimum Gasteiger partial charge on any atom is -0.493 e. The van der Waals surface area contributed by atoms with Crippen LogP contribution >= 0.6 is 0 Å². The molecule has 0 heterocycles. The number of hydrogen-bond donors (Lipinski definition) is 1. The van der Waals surface area contributed by atoms with E-state index in [2.05, 4.69) is 13.0 Å². The normalized spacial score (nSPS) is 12.0. The van der Waals surface area contributed by atoms with E-state index in [0.29, 0.717) is 11.5 Å². The van der Waals surface area contributed by atoms with Gasteiger partial charge in [0.1, 0.15) is 6.10 Å². The van der Waals surface area contributed by atoms with Gasteiger partial charge in [0.15, 0.2) is 11.5 Å². The van der Waals surface area contributed by atoms with Crippen LogP contribution in [0.15, 0.2) is 36.4 Å². The molecule has 3 heteroatoms. The van der Waals surface area contributed by atoms with Gasteiger partial charge in [0.2, 0.25) is 0 Å². The quantitative estimate of drug-likeness (QED) is 0.911. The summed E-state index contributed by atoms with van der Waals surface area (Å²) in [6.45, 7) is 4.06. The molecular weight excluding hydrogens is 264 g/mol. The van der Waals surface area contributed by atoms with E-state index in [1.54, 1.807) is 14.2 Å². The maximum Gasteiger partial charge on any atom is 0.161 e. The summed E-state index contributed by atoms with van der Waals surface area (Å²) in [5, 5.41) is 10.8. The first-order chi connectivity index (χ1) is 10.1. The van der Waals surface area contributed by atoms with Gasteiger partial charge in [-0.25, -0.2) is 0 Å². The van der Waals surface area contributed by atoms with Gasteiger partial charge < -0.3 is 14.6 Å². The molecule has 0 saturated heterocycles. The van der Waals surface area contributed by atoms with Crippen molar-refractivity contribution in [2.45, 2.75) is 26.4 Å². The molecule has 3 nitrogen and oxygen atoms in total. The highest BCUT2D eigenvalue weighted by atomic mass is 16.5. The molecule has 0 aliphatic rings. The van der Waals surface area contributed by atoms with Crippen molar-refractivity contribution in [3.63, 3.8) is 0 Å². The molecule has 21 heavy (non-hydrogen) atoms. The first kappa shape index (κ1) is 15.4. The first-order valence-corrected chi connectivity index (χ1v) is 7.10. The number of benzene rings is 2. The highest BCUT2D eigenvalue weighted by Crippen LogP contribution is 2.35. The highest BCUT2D eigenvalue weighted by Gasteiger charge is 2.18. The van der Waals surface area contributed by atoms with Crippen LogP contribution in [-0.2, 0) is 6.42 Å². The second kappa shape index (κ2) is 6.64. The number of aryl methyl sites for hydroxylation is 2. The van der Waals surface area contributed by atoms with Gasteiger partial charge in [-0.3, -0.25) is 0 Å². The Morgan fingerprint density at radius 3 is 2.24 bits per heavy atom. The van der Waals surface area contributed by atoms with Crippen LogP contribution in [0, 0.1) is 6.92 Å². The average Bonchev–Trinajstić information content (AvgIpc) is 2.53. The van der Waals surface area contributed by atoms with Crippen molar-refractivity contribution in [3.05, 3.63) is 58.7 Å². The Labute approximate surface area is 126 Å². The van der Waals surface area contributed by atoms with E-state index >= 15 is 0 Å². The zero-order valence-corrected chi connectivity index (χ0v) is 13.0. The number of ether oxygens (including phenoxy) is 2. The molecule has 2 aromatic carbocycles. The fourth-order valence-corrected chi connectivity index (χ4v) is 2.58. The fourth-order valence-electron chi connectivity index (χ4n) is 2.58. The SMILES string of the molecule is CCc1ccccc1C(O)c1cc(OC)c(OC)cc1C. The summed E-state index contributed by atoms with van der Waals surface area (Å²) in [7, 11) is 3.21. The van der Waals surface area contributed by atoms with Crippen LogP contribution in [0.4, 0.5) is 0 Å². The molecule has 1 N–H and O–H groups in total. The van der Waals surface area contributed by atoms with Crippen LogP contribution in [0.5, 0.6) is 11.5 Å². The van der Waals surface area contributed by atoms with E-state index in [1.165, 1.54) is 0 Å². The minimum absolute atomic E-state index is 0.631. The Kier molecular flexibility index (Phi) is 4.86. The van der Waals surface area contributed by atoms with E-state index < -0.39 is 6.10 Å². The van der Waals surface area contributed by atoms with E-state index in [4.69, 9.17) is 9.47 Å². The molecule has 0 spiro atoms. The van der Waals surface area contributed by atoms with Crippen molar-refractivity contribution in [3.8, 4) is 11.5 Å². The van der Waals surface area contributed by atoms with Crippen LogP contribution in [0.3, 0.4) is 0 Å². The van der Waals surface area contributed by atoms with Crippen LogP contribution in [0.1, 0.15) is 35.3 Å². The van der Waals surface area contributed by atoms with Gasteiger partial charge >= 0.3 is 0 Å². The average molecular weight is 286 g/mol. The predicted molar refractivity (Wildman–Crippen MR) is 84.2 cm³/mol. The third-order valence-electron chi connectivity index (χ3n) is 3.80. The first-order valence-electron chi connectivity index (χ1n) is 7.10. The van der Waals surface area contributed by atoms with Gasteiger partial charge in [-0.2, -0.15) is 0 Å². The van der Waals surface area contributed by atoms with E-state index in [9.17, 15) is 5.11 Å². The zero-order valence-electron chi connectivity index (χ0n) is 13.0. The highest BCUT2D eigenvalue weighted by molar-refractivity contribution is 5.50. The number of aliphatic hydroxyl groups is 1. The third kappa shape index (κ3) is 3.03. The van der Waals surface area contributed by atoms with Crippen LogP contribution < -0.4 is 9.47 Å². The lowest BCUT2D eigenvalue weighted by Crippen LogP contribution is -2.06. The van der Waals surface area contributed by atoms with Crippen LogP contribution in [-0.4, -0.2) is 19.3 Å². The van der Waals surface area contributed by atoms with Gasteiger partial charge in [-0.1, -0.05) is 31.2 Å². The van der Waals surface area contributed by atoms with Crippen LogP contribution in [0.2, 0.25) is 0 Å². The van der Waals surface area contributed by atoms with Gasteiger partial charge in [0.05, 0.1) is 14.2 Å². The number of hydrogen-bond acceptors (Lipinski definition) is 3. The predicted octanol–water partition coefficient (Wildman–Crippen LogP) is 3.66. The third-order valence-corrected chi connectivity index (χ3v) is 3.80. The lowest BCUT2D eigenvalue weighted by atomic mass is 9.93. The van der Waals surface area contributed by atoms with Crippen molar-refractivity contribution >= 4 is 0 Å². The van der Waals surface area contributed by atoms with Crippen molar-refractivity contribution in [1.82, 2.24) is 0 Å². The summed E-state index contributed by atoms with van der Waals surface area (Å²) < 4.78 is 10.6. The number of rotatable bonds is 5. The Hall–Kier alpha value is -2.00. The summed E-state index contributed by atoms with van der Waals surface area (Å²) >= 11 is 0. The lowest BCUT2D eigenvalue weighted by molar-refractivity contribution is 0.217.